The number of rotatable bonds is 4. The van der Waals surface area contributed by atoms with Gasteiger partial charge in [0.15, 0.2) is 0 Å². The van der Waals surface area contributed by atoms with E-state index in [1.165, 1.54) is 12.1 Å². The molecule has 156 valence electrons. The molecule has 2 heterocycles. The molecule has 0 radical (unpaired) electrons. The first-order valence-corrected chi connectivity index (χ1v) is 9.91. The quantitative estimate of drug-likeness (QED) is 0.561. The zero-order valence-corrected chi connectivity index (χ0v) is 16.5. The van der Waals surface area contributed by atoms with Gasteiger partial charge in [-0.2, -0.15) is 0 Å². The third kappa shape index (κ3) is 4.02. The molecule has 2 aliphatic rings. The highest BCUT2D eigenvalue weighted by Crippen LogP contribution is 2.37. The van der Waals surface area contributed by atoms with Crippen molar-refractivity contribution in [3.63, 3.8) is 0 Å². The summed E-state index contributed by atoms with van der Waals surface area (Å²) in [7, 11) is 0. The third-order valence-corrected chi connectivity index (χ3v) is 5.15. The molecule has 5 rings (SSSR count). The van der Waals surface area contributed by atoms with E-state index in [2.05, 4.69) is 0 Å². The zero-order chi connectivity index (χ0) is 21.2. The maximum Gasteiger partial charge on any atom is 0.337 e. The van der Waals surface area contributed by atoms with Crippen LogP contribution >= 0.6 is 0 Å². The molecule has 2 aliphatic heterocycles. The topological polar surface area (TPSA) is 54.0 Å². The molecule has 31 heavy (non-hydrogen) atoms. The molecular formula is C25H19FO5. The second kappa shape index (κ2) is 8.24. The predicted octanol–water partition coefficient (Wildman–Crippen LogP) is 4.95. The summed E-state index contributed by atoms with van der Waals surface area (Å²) in [5.41, 5.74) is 3.09. The molecule has 3 aromatic carbocycles. The zero-order valence-electron chi connectivity index (χ0n) is 16.5. The first-order valence-electron chi connectivity index (χ1n) is 9.91. The van der Waals surface area contributed by atoms with Crippen molar-refractivity contribution in [1.29, 1.82) is 0 Å². The van der Waals surface area contributed by atoms with Gasteiger partial charge in [0.25, 0.3) is 0 Å². The summed E-state index contributed by atoms with van der Waals surface area (Å²) in [6.07, 6.45) is 1.14. The van der Waals surface area contributed by atoms with Crippen LogP contribution in [0.2, 0.25) is 0 Å². The van der Waals surface area contributed by atoms with E-state index in [0.717, 1.165) is 16.9 Å². The van der Waals surface area contributed by atoms with Crippen LogP contribution in [-0.2, 0) is 27.5 Å². The van der Waals surface area contributed by atoms with Crippen LogP contribution in [0.15, 0.2) is 72.3 Å². The molecule has 0 aliphatic carbocycles. The van der Waals surface area contributed by atoms with E-state index >= 15 is 0 Å². The lowest BCUT2D eigenvalue weighted by molar-refractivity contribution is -0.141. The summed E-state index contributed by atoms with van der Waals surface area (Å²) >= 11 is 0. The van der Waals surface area contributed by atoms with Gasteiger partial charge in [-0.05, 0) is 24.3 Å². The number of carbonyl (C=O) groups excluding carboxylic acids is 1. The normalized spacial score (nSPS) is 16.8. The molecule has 0 amide bonds. The van der Waals surface area contributed by atoms with Crippen LogP contribution in [0.25, 0.3) is 6.08 Å². The lowest BCUT2D eigenvalue weighted by atomic mass is 10.1. The van der Waals surface area contributed by atoms with Crippen molar-refractivity contribution in [2.24, 2.45) is 0 Å². The Bertz CT molecular complexity index is 1160. The predicted molar refractivity (Wildman–Crippen MR) is 111 cm³/mol. The Hall–Kier alpha value is -3.64. The van der Waals surface area contributed by atoms with Crippen LogP contribution in [0.4, 0.5) is 4.39 Å². The van der Waals surface area contributed by atoms with Crippen molar-refractivity contribution in [1.82, 2.24) is 0 Å². The Balaban J connectivity index is 1.34. The number of carbonyl (C=O) groups is 1. The second-order valence-corrected chi connectivity index (χ2v) is 7.30. The first-order chi connectivity index (χ1) is 15.2. The standard InChI is InChI=1S/C25H19FO5/c26-21-11-18(13-29-24(27)20-10-17-8-4-5-9-22(17)28-15-20)23-19(12-21)14-30-25(31-23)16-6-2-1-3-7-16/h1-12,25H,13-15H2/t25-/m1/s1. The Morgan fingerprint density at radius 1 is 1.03 bits per heavy atom. The van der Waals surface area contributed by atoms with Crippen molar-refractivity contribution in [3.8, 4) is 11.5 Å². The Labute approximate surface area is 178 Å². The monoisotopic (exact) mass is 418 g/mol. The summed E-state index contributed by atoms with van der Waals surface area (Å²) in [6, 6.07) is 19.6. The lowest BCUT2D eigenvalue weighted by Crippen LogP contribution is -2.20. The van der Waals surface area contributed by atoms with E-state index in [-0.39, 0.29) is 19.8 Å². The van der Waals surface area contributed by atoms with Gasteiger partial charge in [-0.3, -0.25) is 0 Å². The number of esters is 1. The molecule has 0 fully saturated rings. The minimum Gasteiger partial charge on any atom is -0.488 e. The van der Waals surface area contributed by atoms with Gasteiger partial charge in [0.2, 0.25) is 6.29 Å². The third-order valence-electron chi connectivity index (χ3n) is 5.15. The van der Waals surface area contributed by atoms with Crippen LogP contribution < -0.4 is 9.47 Å². The van der Waals surface area contributed by atoms with Gasteiger partial charge < -0.3 is 18.9 Å². The maximum absolute atomic E-state index is 14.1. The number of para-hydroxylation sites is 1. The molecular weight excluding hydrogens is 399 g/mol. The molecule has 5 nitrogen and oxygen atoms in total. The average molecular weight is 418 g/mol. The van der Waals surface area contributed by atoms with Gasteiger partial charge in [0, 0.05) is 22.3 Å². The number of benzene rings is 3. The highest BCUT2D eigenvalue weighted by molar-refractivity contribution is 5.95. The largest absolute Gasteiger partial charge is 0.488 e. The van der Waals surface area contributed by atoms with E-state index in [1.807, 2.05) is 54.6 Å². The molecule has 6 heteroatoms. The van der Waals surface area contributed by atoms with Gasteiger partial charge in [0.05, 0.1) is 12.2 Å². The van der Waals surface area contributed by atoms with E-state index in [9.17, 15) is 9.18 Å². The smallest absolute Gasteiger partial charge is 0.337 e. The van der Waals surface area contributed by atoms with E-state index in [4.69, 9.17) is 18.9 Å². The van der Waals surface area contributed by atoms with Crippen LogP contribution in [0.3, 0.4) is 0 Å². The summed E-state index contributed by atoms with van der Waals surface area (Å²) in [6.45, 7) is 0.195. The molecule has 0 N–H and O–H groups in total. The SMILES string of the molecule is O=C(OCc1cc(F)cc2c1O[C@H](c1ccccc1)OC2)C1=Cc2ccccc2OC1. The first kappa shape index (κ1) is 19.3. The Kier molecular flexibility index (Phi) is 5.14. The molecule has 0 unspecified atom stereocenters. The number of fused-ring (bicyclic) bond motifs is 2. The van der Waals surface area contributed by atoms with Gasteiger partial charge in [-0.15, -0.1) is 0 Å². The number of hydrogen-bond acceptors (Lipinski definition) is 5. The van der Waals surface area contributed by atoms with Crippen molar-refractivity contribution in [3.05, 3.63) is 100 Å². The second-order valence-electron chi connectivity index (χ2n) is 7.30. The van der Waals surface area contributed by atoms with Crippen molar-refractivity contribution < 1.29 is 28.1 Å². The molecule has 1 atom stereocenters. The minimum absolute atomic E-state index is 0.123. The molecule has 0 aromatic heterocycles. The van der Waals surface area contributed by atoms with Crippen molar-refractivity contribution >= 4 is 12.0 Å². The Morgan fingerprint density at radius 2 is 1.84 bits per heavy atom. The average Bonchev–Trinajstić information content (AvgIpc) is 2.82. The highest BCUT2D eigenvalue weighted by atomic mass is 19.1. The van der Waals surface area contributed by atoms with Gasteiger partial charge >= 0.3 is 5.97 Å². The van der Waals surface area contributed by atoms with Gasteiger partial charge in [-0.1, -0.05) is 48.5 Å². The van der Waals surface area contributed by atoms with Crippen molar-refractivity contribution in [2.75, 3.05) is 6.61 Å². The van der Waals surface area contributed by atoms with Crippen LogP contribution in [-0.4, -0.2) is 12.6 Å². The Morgan fingerprint density at radius 3 is 2.71 bits per heavy atom. The van der Waals surface area contributed by atoms with Gasteiger partial charge in [0.1, 0.15) is 30.5 Å². The lowest BCUT2D eigenvalue weighted by Gasteiger charge is -2.28. The fraction of sp³-hybridized carbons (Fsp3) is 0.160. The van der Waals surface area contributed by atoms with Gasteiger partial charge in [-0.25, -0.2) is 9.18 Å². The van der Waals surface area contributed by atoms with Crippen LogP contribution in [0, 0.1) is 5.82 Å². The summed E-state index contributed by atoms with van der Waals surface area (Å²) in [4.78, 5) is 12.6. The summed E-state index contributed by atoms with van der Waals surface area (Å²) in [5, 5.41) is 0. The minimum atomic E-state index is -0.612. The molecule has 0 saturated heterocycles. The summed E-state index contributed by atoms with van der Waals surface area (Å²) in [5.74, 6) is 0.246. The molecule has 0 spiro atoms. The fourth-order valence-corrected chi connectivity index (χ4v) is 3.63. The molecule has 3 aromatic rings. The number of halogens is 1. The number of hydrogen-bond donors (Lipinski definition) is 0. The maximum atomic E-state index is 14.1. The van der Waals surface area contributed by atoms with Crippen molar-refractivity contribution in [2.45, 2.75) is 19.5 Å². The molecule has 0 bridgehead atoms. The summed E-state index contributed by atoms with van der Waals surface area (Å²) < 4.78 is 37.0. The van der Waals surface area contributed by atoms with E-state index in [1.54, 1.807) is 6.08 Å². The molecule has 0 saturated carbocycles. The van der Waals surface area contributed by atoms with Crippen LogP contribution in [0.5, 0.6) is 11.5 Å². The van der Waals surface area contributed by atoms with E-state index in [0.29, 0.717) is 22.4 Å². The fourth-order valence-electron chi connectivity index (χ4n) is 3.63. The van der Waals surface area contributed by atoms with Crippen LogP contribution in [0.1, 0.15) is 28.5 Å². The number of ether oxygens (including phenoxy) is 4. The highest BCUT2D eigenvalue weighted by Gasteiger charge is 2.26. The van der Waals surface area contributed by atoms with E-state index < -0.39 is 18.1 Å².